The number of fused-ring (bicyclic) bond motifs is 3. The van der Waals surface area contributed by atoms with Crippen molar-refractivity contribution in [3.05, 3.63) is 94.2 Å². The maximum absolute atomic E-state index is 13.7. The Morgan fingerprint density at radius 2 is 1.79 bits per heavy atom. The number of thiophene rings is 1. The summed E-state index contributed by atoms with van der Waals surface area (Å²) in [7, 11) is 0. The second-order valence-electron chi connectivity index (χ2n) is 8.76. The van der Waals surface area contributed by atoms with Gasteiger partial charge in [0.15, 0.2) is 0 Å². The molecular weight excluding hydrogens is 437 g/mol. The molecule has 33 heavy (non-hydrogen) atoms. The number of amides is 2. The molecule has 4 aromatic rings. The zero-order valence-electron chi connectivity index (χ0n) is 18.5. The van der Waals surface area contributed by atoms with Gasteiger partial charge in [0.1, 0.15) is 21.9 Å². The number of benzene rings is 2. The molecule has 3 heterocycles. The van der Waals surface area contributed by atoms with E-state index in [1.54, 1.807) is 28.4 Å². The Morgan fingerprint density at radius 1 is 1.09 bits per heavy atom. The van der Waals surface area contributed by atoms with Gasteiger partial charge in [0.25, 0.3) is 5.91 Å². The van der Waals surface area contributed by atoms with Gasteiger partial charge in [-0.05, 0) is 54.6 Å². The Hall–Kier alpha value is -3.45. The number of aryl methyl sites for hydroxylation is 1. The molecule has 1 atom stereocenters. The van der Waals surface area contributed by atoms with E-state index in [4.69, 9.17) is 0 Å². The number of nitrogens with zero attached hydrogens (tertiary/aromatic N) is 2. The van der Waals surface area contributed by atoms with Crippen LogP contribution in [-0.4, -0.2) is 26.8 Å². The van der Waals surface area contributed by atoms with Crippen LogP contribution in [0.2, 0.25) is 0 Å². The van der Waals surface area contributed by atoms with Crippen molar-refractivity contribution in [2.45, 2.75) is 39.0 Å². The molecular formula is C26H24FN3O2S. The van der Waals surface area contributed by atoms with E-state index in [1.807, 2.05) is 60.2 Å². The number of hydrogen-bond acceptors (Lipinski definition) is 3. The van der Waals surface area contributed by atoms with Crippen molar-refractivity contribution in [3.8, 4) is 0 Å². The summed E-state index contributed by atoms with van der Waals surface area (Å²) >= 11 is 1.57. The summed E-state index contributed by atoms with van der Waals surface area (Å²) < 4.78 is 15.2. The van der Waals surface area contributed by atoms with Crippen molar-refractivity contribution >= 4 is 33.4 Å². The highest BCUT2D eigenvalue weighted by Gasteiger charge is 2.47. The highest BCUT2D eigenvalue weighted by Crippen LogP contribution is 2.35. The number of aromatic nitrogens is 1. The molecule has 1 N–H and O–H groups in total. The molecule has 168 valence electrons. The third kappa shape index (κ3) is 3.82. The SMILES string of the molecule is Cc1ccc(CN2C(=O)c3cc4ccsc4n3C[C@]2(C)C(=O)NCc2ccc(F)cc2)cc1. The molecule has 0 fully saturated rings. The fourth-order valence-electron chi connectivity index (χ4n) is 4.36. The second-order valence-corrected chi connectivity index (χ2v) is 9.65. The van der Waals surface area contributed by atoms with Crippen LogP contribution in [0.3, 0.4) is 0 Å². The lowest BCUT2D eigenvalue weighted by Gasteiger charge is -2.44. The average molecular weight is 462 g/mol. The molecule has 0 saturated carbocycles. The second kappa shape index (κ2) is 8.15. The zero-order chi connectivity index (χ0) is 23.2. The van der Waals surface area contributed by atoms with Gasteiger partial charge in [-0.1, -0.05) is 42.0 Å². The molecule has 0 unspecified atom stereocenters. The van der Waals surface area contributed by atoms with E-state index in [-0.39, 0.29) is 24.2 Å². The predicted octanol–water partition coefficient (Wildman–Crippen LogP) is 4.88. The quantitative estimate of drug-likeness (QED) is 0.461. The Balaban J connectivity index is 1.49. The summed E-state index contributed by atoms with van der Waals surface area (Å²) in [6.07, 6.45) is 0. The molecule has 1 aliphatic rings. The minimum Gasteiger partial charge on any atom is -0.350 e. The molecule has 0 bridgehead atoms. The first kappa shape index (κ1) is 21.4. The molecule has 2 aromatic carbocycles. The number of halogens is 1. The van der Waals surface area contributed by atoms with Crippen molar-refractivity contribution in [1.29, 1.82) is 0 Å². The summed E-state index contributed by atoms with van der Waals surface area (Å²) in [6, 6.07) is 17.9. The smallest absolute Gasteiger partial charge is 0.271 e. The summed E-state index contributed by atoms with van der Waals surface area (Å²) in [6.45, 7) is 4.79. The van der Waals surface area contributed by atoms with Gasteiger partial charge in [0.05, 0.1) is 6.54 Å². The fourth-order valence-corrected chi connectivity index (χ4v) is 5.25. The molecule has 2 amide bonds. The topological polar surface area (TPSA) is 54.3 Å². The minimum atomic E-state index is -1.09. The summed E-state index contributed by atoms with van der Waals surface area (Å²) in [5.74, 6) is -0.722. The van der Waals surface area contributed by atoms with Gasteiger partial charge >= 0.3 is 0 Å². The molecule has 0 radical (unpaired) electrons. The first-order chi connectivity index (χ1) is 15.8. The predicted molar refractivity (Wildman–Crippen MR) is 128 cm³/mol. The maximum atomic E-state index is 13.7. The average Bonchev–Trinajstić information content (AvgIpc) is 3.40. The van der Waals surface area contributed by atoms with Crippen LogP contribution < -0.4 is 5.32 Å². The third-order valence-corrected chi connectivity index (χ3v) is 7.30. The van der Waals surface area contributed by atoms with Crippen molar-refractivity contribution in [2.24, 2.45) is 0 Å². The van der Waals surface area contributed by atoms with Gasteiger partial charge < -0.3 is 14.8 Å². The summed E-state index contributed by atoms with van der Waals surface area (Å²) in [4.78, 5) is 29.9. The van der Waals surface area contributed by atoms with E-state index in [2.05, 4.69) is 5.32 Å². The maximum Gasteiger partial charge on any atom is 0.271 e. The van der Waals surface area contributed by atoms with Gasteiger partial charge in [-0.25, -0.2) is 4.39 Å². The Kier molecular flexibility index (Phi) is 5.29. The van der Waals surface area contributed by atoms with E-state index in [9.17, 15) is 14.0 Å². The van der Waals surface area contributed by atoms with Crippen LogP contribution in [0.1, 0.15) is 34.1 Å². The fraction of sp³-hybridized carbons (Fsp3) is 0.231. The zero-order valence-corrected chi connectivity index (χ0v) is 19.3. The lowest BCUT2D eigenvalue weighted by atomic mass is 9.93. The molecule has 0 spiro atoms. The van der Waals surface area contributed by atoms with Crippen LogP contribution in [0, 0.1) is 12.7 Å². The van der Waals surface area contributed by atoms with Crippen molar-refractivity contribution < 1.29 is 14.0 Å². The van der Waals surface area contributed by atoms with E-state index in [0.29, 0.717) is 18.8 Å². The molecule has 0 aliphatic carbocycles. The number of nitrogens with one attached hydrogen (secondary N) is 1. The molecule has 5 rings (SSSR count). The van der Waals surface area contributed by atoms with Crippen molar-refractivity contribution in [1.82, 2.24) is 14.8 Å². The summed E-state index contributed by atoms with van der Waals surface area (Å²) in [5, 5.41) is 5.98. The lowest BCUT2D eigenvalue weighted by molar-refractivity contribution is -0.133. The van der Waals surface area contributed by atoms with E-state index < -0.39 is 5.54 Å². The first-order valence-corrected chi connectivity index (χ1v) is 11.7. The van der Waals surface area contributed by atoms with E-state index in [0.717, 1.165) is 26.9 Å². The highest BCUT2D eigenvalue weighted by atomic mass is 32.1. The van der Waals surface area contributed by atoms with Crippen LogP contribution in [-0.2, 0) is 24.4 Å². The van der Waals surface area contributed by atoms with Gasteiger partial charge in [0, 0.05) is 18.5 Å². The van der Waals surface area contributed by atoms with Crippen LogP contribution in [0.4, 0.5) is 4.39 Å². The van der Waals surface area contributed by atoms with Crippen molar-refractivity contribution in [3.63, 3.8) is 0 Å². The Bertz CT molecular complexity index is 1340. The lowest BCUT2D eigenvalue weighted by Crippen LogP contribution is -2.63. The molecule has 0 saturated heterocycles. The largest absolute Gasteiger partial charge is 0.350 e. The van der Waals surface area contributed by atoms with E-state index in [1.165, 1.54) is 12.1 Å². The van der Waals surface area contributed by atoms with Crippen LogP contribution in [0.15, 0.2) is 66.0 Å². The Morgan fingerprint density at radius 3 is 2.52 bits per heavy atom. The molecule has 5 nitrogen and oxygen atoms in total. The van der Waals surface area contributed by atoms with Crippen LogP contribution in [0.5, 0.6) is 0 Å². The van der Waals surface area contributed by atoms with Crippen LogP contribution >= 0.6 is 11.3 Å². The number of rotatable bonds is 5. The summed E-state index contributed by atoms with van der Waals surface area (Å²) in [5.41, 5.74) is 2.41. The minimum absolute atomic E-state index is 0.162. The first-order valence-electron chi connectivity index (χ1n) is 10.8. The Labute approximate surface area is 195 Å². The third-order valence-electron chi connectivity index (χ3n) is 6.35. The van der Waals surface area contributed by atoms with Crippen molar-refractivity contribution in [2.75, 3.05) is 0 Å². The standard InChI is InChI=1S/C26H24FN3O2S/c1-17-3-5-19(6-4-17)15-30-23(31)22-13-20-11-12-33-24(20)29(22)16-26(30,2)25(32)28-14-18-7-9-21(27)10-8-18/h3-13H,14-16H2,1-2H3,(H,28,32)/t26-/m1/s1. The number of carbonyl (C=O) groups is 2. The molecule has 7 heteroatoms. The molecule has 1 aliphatic heterocycles. The molecule has 2 aromatic heterocycles. The van der Waals surface area contributed by atoms with Gasteiger partial charge in [-0.3, -0.25) is 9.59 Å². The normalized spacial score (nSPS) is 17.9. The number of hydrogen-bond donors (Lipinski definition) is 1. The van der Waals surface area contributed by atoms with Gasteiger partial charge in [0.2, 0.25) is 5.91 Å². The van der Waals surface area contributed by atoms with Crippen LogP contribution in [0.25, 0.3) is 10.2 Å². The highest BCUT2D eigenvalue weighted by molar-refractivity contribution is 7.16. The van der Waals surface area contributed by atoms with Gasteiger partial charge in [-0.15, -0.1) is 11.3 Å². The number of carbonyl (C=O) groups excluding carboxylic acids is 2. The monoisotopic (exact) mass is 461 g/mol. The van der Waals surface area contributed by atoms with Gasteiger partial charge in [-0.2, -0.15) is 0 Å². The van der Waals surface area contributed by atoms with E-state index >= 15 is 0 Å².